The van der Waals surface area contributed by atoms with E-state index >= 15 is 0 Å². The Morgan fingerprint density at radius 1 is 1.22 bits per heavy atom. The standard InChI is InChI=1S/C17H15N3O3/c1-10-4-3-5-13-15(10)19-14(20-16(13)21)9-23-17(22)12-7-6-11(2)18-8-12/h3-8H,9H2,1-2H3,(H,19,20,21). The number of rotatable bonds is 3. The van der Waals surface area contributed by atoms with Crippen molar-refractivity contribution < 1.29 is 9.53 Å². The normalized spacial score (nSPS) is 10.7. The smallest absolute Gasteiger partial charge is 0.340 e. The van der Waals surface area contributed by atoms with Crippen LogP contribution in [0.3, 0.4) is 0 Å². The average molecular weight is 309 g/mol. The minimum Gasteiger partial charge on any atom is -0.454 e. The summed E-state index contributed by atoms with van der Waals surface area (Å²) in [6.07, 6.45) is 1.46. The molecular weight excluding hydrogens is 294 g/mol. The topological polar surface area (TPSA) is 84.9 Å². The molecule has 0 aliphatic rings. The van der Waals surface area contributed by atoms with E-state index in [2.05, 4.69) is 15.0 Å². The Bertz CT molecular complexity index is 930. The van der Waals surface area contributed by atoms with Gasteiger partial charge in [-0.25, -0.2) is 9.78 Å². The molecule has 0 spiro atoms. The lowest BCUT2D eigenvalue weighted by molar-refractivity contribution is 0.0462. The number of carbonyl (C=O) groups excluding carboxylic acids is 1. The van der Waals surface area contributed by atoms with Crippen LogP contribution in [0.2, 0.25) is 0 Å². The van der Waals surface area contributed by atoms with E-state index in [0.717, 1.165) is 11.3 Å². The summed E-state index contributed by atoms with van der Waals surface area (Å²) >= 11 is 0. The minimum atomic E-state index is -0.509. The summed E-state index contributed by atoms with van der Waals surface area (Å²) in [6.45, 7) is 3.61. The second-order valence-corrected chi connectivity index (χ2v) is 5.25. The molecule has 1 N–H and O–H groups in total. The molecule has 0 radical (unpaired) electrons. The van der Waals surface area contributed by atoms with Crippen LogP contribution in [0.5, 0.6) is 0 Å². The van der Waals surface area contributed by atoms with E-state index in [1.54, 1.807) is 24.3 Å². The molecule has 0 saturated heterocycles. The Labute approximate surface area is 132 Å². The van der Waals surface area contributed by atoms with Gasteiger partial charge in [0.15, 0.2) is 0 Å². The lowest BCUT2D eigenvalue weighted by atomic mass is 10.1. The zero-order chi connectivity index (χ0) is 16.4. The first kappa shape index (κ1) is 14.9. The summed E-state index contributed by atoms with van der Waals surface area (Å²) in [5, 5.41) is 0.516. The predicted molar refractivity (Wildman–Crippen MR) is 85.2 cm³/mol. The lowest BCUT2D eigenvalue weighted by Gasteiger charge is -2.06. The number of pyridine rings is 1. The van der Waals surface area contributed by atoms with Crippen molar-refractivity contribution in [1.82, 2.24) is 15.0 Å². The van der Waals surface area contributed by atoms with Crippen LogP contribution in [0, 0.1) is 13.8 Å². The molecule has 0 amide bonds. The van der Waals surface area contributed by atoms with Gasteiger partial charge in [-0.2, -0.15) is 0 Å². The molecule has 0 atom stereocenters. The fourth-order valence-corrected chi connectivity index (χ4v) is 2.23. The van der Waals surface area contributed by atoms with E-state index in [1.807, 2.05) is 19.9 Å². The fourth-order valence-electron chi connectivity index (χ4n) is 2.23. The lowest BCUT2D eigenvalue weighted by Crippen LogP contribution is -2.15. The van der Waals surface area contributed by atoms with Crippen molar-refractivity contribution in [2.24, 2.45) is 0 Å². The summed E-state index contributed by atoms with van der Waals surface area (Å²) in [6, 6.07) is 8.77. The van der Waals surface area contributed by atoms with Crippen molar-refractivity contribution in [3.63, 3.8) is 0 Å². The van der Waals surface area contributed by atoms with Crippen molar-refractivity contribution in [3.8, 4) is 0 Å². The number of aromatic amines is 1. The molecule has 116 valence electrons. The van der Waals surface area contributed by atoms with Gasteiger partial charge in [-0.05, 0) is 37.6 Å². The number of carbonyl (C=O) groups is 1. The minimum absolute atomic E-state index is 0.105. The van der Waals surface area contributed by atoms with Gasteiger partial charge in [0, 0.05) is 11.9 Å². The fraction of sp³-hybridized carbons (Fsp3) is 0.176. The second kappa shape index (κ2) is 6.00. The van der Waals surface area contributed by atoms with Gasteiger partial charge in [0.05, 0.1) is 16.5 Å². The molecule has 6 nitrogen and oxygen atoms in total. The number of aromatic nitrogens is 3. The number of ether oxygens (including phenoxy) is 1. The van der Waals surface area contributed by atoms with E-state index < -0.39 is 5.97 Å². The molecule has 0 unspecified atom stereocenters. The maximum Gasteiger partial charge on any atom is 0.340 e. The first-order valence-electron chi connectivity index (χ1n) is 7.13. The first-order chi connectivity index (χ1) is 11.0. The molecule has 0 fully saturated rings. The number of aryl methyl sites for hydroxylation is 2. The second-order valence-electron chi connectivity index (χ2n) is 5.25. The number of nitrogens with one attached hydrogen (secondary N) is 1. The zero-order valence-corrected chi connectivity index (χ0v) is 12.8. The highest BCUT2D eigenvalue weighted by Crippen LogP contribution is 2.12. The Kier molecular flexibility index (Phi) is 3.89. The van der Waals surface area contributed by atoms with Crippen LogP contribution in [-0.4, -0.2) is 20.9 Å². The van der Waals surface area contributed by atoms with Crippen LogP contribution in [0.25, 0.3) is 10.9 Å². The van der Waals surface area contributed by atoms with Crippen LogP contribution >= 0.6 is 0 Å². The molecular formula is C17H15N3O3. The number of H-pyrrole nitrogens is 1. The molecule has 1 aromatic carbocycles. The predicted octanol–water partition coefficient (Wildman–Crippen LogP) is 2.29. The number of nitrogens with zero attached hydrogens (tertiary/aromatic N) is 2. The molecule has 3 rings (SSSR count). The van der Waals surface area contributed by atoms with Crippen molar-refractivity contribution >= 4 is 16.9 Å². The molecule has 2 heterocycles. The summed E-state index contributed by atoms with van der Waals surface area (Å²) in [5.74, 6) is -0.199. The number of fused-ring (bicyclic) bond motifs is 1. The van der Waals surface area contributed by atoms with Gasteiger partial charge >= 0.3 is 5.97 Å². The highest BCUT2D eigenvalue weighted by Gasteiger charge is 2.10. The zero-order valence-electron chi connectivity index (χ0n) is 12.8. The van der Waals surface area contributed by atoms with E-state index in [1.165, 1.54) is 6.20 Å². The maximum absolute atomic E-state index is 12.1. The number of hydrogen-bond donors (Lipinski definition) is 1. The first-order valence-corrected chi connectivity index (χ1v) is 7.13. The summed E-state index contributed by atoms with van der Waals surface area (Å²) < 4.78 is 5.19. The number of benzene rings is 1. The summed E-state index contributed by atoms with van der Waals surface area (Å²) in [7, 11) is 0. The van der Waals surface area contributed by atoms with Gasteiger partial charge in [0.1, 0.15) is 12.4 Å². The Hall–Kier alpha value is -3.02. The Balaban J connectivity index is 1.82. The number of hydrogen-bond acceptors (Lipinski definition) is 5. The monoisotopic (exact) mass is 309 g/mol. The van der Waals surface area contributed by atoms with Gasteiger partial charge in [0.2, 0.25) is 0 Å². The summed E-state index contributed by atoms with van der Waals surface area (Å²) in [4.78, 5) is 35.1. The highest BCUT2D eigenvalue weighted by atomic mass is 16.5. The largest absolute Gasteiger partial charge is 0.454 e. The Morgan fingerprint density at radius 2 is 2.04 bits per heavy atom. The van der Waals surface area contributed by atoms with Crippen LogP contribution < -0.4 is 5.56 Å². The third kappa shape index (κ3) is 3.11. The molecule has 23 heavy (non-hydrogen) atoms. The summed E-state index contributed by atoms with van der Waals surface area (Å²) in [5.41, 5.74) is 2.43. The van der Waals surface area contributed by atoms with E-state index in [0.29, 0.717) is 22.3 Å². The molecule has 6 heteroatoms. The molecule has 3 aromatic rings. The molecule has 0 aliphatic heterocycles. The van der Waals surface area contributed by atoms with Gasteiger partial charge in [-0.1, -0.05) is 12.1 Å². The number of para-hydroxylation sites is 1. The molecule has 0 bridgehead atoms. The average Bonchev–Trinajstić information content (AvgIpc) is 2.54. The maximum atomic E-state index is 12.1. The van der Waals surface area contributed by atoms with Crippen LogP contribution in [0.15, 0.2) is 41.3 Å². The Morgan fingerprint density at radius 3 is 2.78 bits per heavy atom. The molecule has 0 saturated carbocycles. The van der Waals surface area contributed by atoms with Gasteiger partial charge < -0.3 is 9.72 Å². The van der Waals surface area contributed by atoms with Crippen molar-refractivity contribution in [2.75, 3.05) is 0 Å². The number of esters is 1. The van der Waals surface area contributed by atoms with Crippen LogP contribution in [-0.2, 0) is 11.3 Å². The van der Waals surface area contributed by atoms with E-state index in [9.17, 15) is 9.59 Å². The van der Waals surface area contributed by atoms with Crippen molar-refractivity contribution in [2.45, 2.75) is 20.5 Å². The van der Waals surface area contributed by atoms with Gasteiger partial charge in [0.25, 0.3) is 5.56 Å². The van der Waals surface area contributed by atoms with Gasteiger partial charge in [-0.3, -0.25) is 9.78 Å². The van der Waals surface area contributed by atoms with Crippen LogP contribution in [0.1, 0.15) is 27.4 Å². The van der Waals surface area contributed by atoms with Crippen LogP contribution in [0.4, 0.5) is 0 Å². The van der Waals surface area contributed by atoms with Crippen molar-refractivity contribution in [1.29, 1.82) is 0 Å². The molecule has 2 aromatic heterocycles. The van der Waals surface area contributed by atoms with E-state index in [-0.39, 0.29) is 12.2 Å². The highest BCUT2D eigenvalue weighted by molar-refractivity contribution is 5.89. The van der Waals surface area contributed by atoms with Gasteiger partial charge in [-0.15, -0.1) is 0 Å². The SMILES string of the molecule is Cc1ccc(C(=O)OCc2nc3c(C)cccc3c(=O)[nH]2)cn1. The quantitative estimate of drug-likeness (QED) is 0.750. The van der Waals surface area contributed by atoms with Crippen molar-refractivity contribution in [3.05, 3.63) is 69.5 Å². The third-order valence-electron chi connectivity index (χ3n) is 3.47. The third-order valence-corrected chi connectivity index (χ3v) is 3.47. The molecule has 0 aliphatic carbocycles. The van der Waals surface area contributed by atoms with E-state index in [4.69, 9.17) is 4.74 Å².